The van der Waals surface area contributed by atoms with E-state index in [2.05, 4.69) is 18.1 Å². The minimum Gasteiger partial charge on any atom is -0.387 e. The molecule has 0 saturated heterocycles. The normalized spacial score (nSPS) is 12.9. The number of nitrogens with zero attached hydrogens (tertiary/aromatic N) is 2. The first-order valence-electron chi connectivity index (χ1n) is 5.85. The average Bonchev–Trinajstić information content (AvgIpc) is 2.86. The van der Waals surface area contributed by atoms with Crippen LogP contribution in [-0.2, 0) is 19.9 Å². The molecule has 2 aromatic heterocycles. The van der Waals surface area contributed by atoms with E-state index in [0.29, 0.717) is 6.42 Å². The Morgan fingerprint density at radius 2 is 2.29 bits per heavy atom. The summed E-state index contributed by atoms with van der Waals surface area (Å²) in [6, 6.07) is 4.12. The zero-order chi connectivity index (χ0) is 12.4. The van der Waals surface area contributed by atoms with E-state index in [9.17, 15) is 5.11 Å². The van der Waals surface area contributed by atoms with Gasteiger partial charge in [-0.1, -0.05) is 6.92 Å². The second kappa shape index (κ2) is 5.02. The van der Waals surface area contributed by atoms with Gasteiger partial charge in [-0.25, -0.2) is 0 Å². The molecule has 0 spiro atoms. The van der Waals surface area contributed by atoms with Crippen molar-refractivity contribution in [2.45, 2.75) is 32.8 Å². The van der Waals surface area contributed by atoms with E-state index in [1.807, 2.05) is 30.1 Å². The van der Waals surface area contributed by atoms with E-state index in [0.717, 1.165) is 22.7 Å². The van der Waals surface area contributed by atoms with Crippen LogP contribution in [0.2, 0.25) is 0 Å². The Morgan fingerprint density at radius 1 is 1.53 bits per heavy atom. The van der Waals surface area contributed by atoms with Crippen LogP contribution in [0.5, 0.6) is 0 Å². The quantitative estimate of drug-likeness (QED) is 0.906. The minimum atomic E-state index is -0.421. The van der Waals surface area contributed by atoms with E-state index in [1.165, 1.54) is 5.56 Å². The van der Waals surface area contributed by atoms with Crippen molar-refractivity contribution in [3.63, 3.8) is 0 Å². The van der Waals surface area contributed by atoms with E-state index in [1.54, 1.807) is 11.3 Å². The third-order valence-corrected chi connectivity index (χ3v) is 4.12. The highest BCUT2D eigenvalue weighted by molar-refractivity contribution is 7.10. The van der Waals surface area contributed by atoms with Crippen molar-refractivity contribution in [2.24, 2.45) is 7.05 Å². The lowest BCUT2D eigenvalue weighted by atomic mass is 10.1. The molecular formula is C13H18N2OS. The van der Waals surface area contributed by atoms with Gasteiger partial charge in [-0.15, -0.1) is 11.3 Å². The fourth-order valence-electron chi connectivity index (χ4n) is 1.95. The molecule has 0 aromatic carbocycles. The smallest absolute Gasteiger partial charge is 0.0939 e. The van der Waals surface area contributed by atoms with Crippen LogP contribution in [0.4, 0.5) is 0 Å². The molecule has 0 fully saturated rings. The molecular weight excluding hydrogens is 232 g/mol. The van der Waals surface area contributed by atoms with Crippen molar-refractivity contribution in [1.82, 2.24) is 9.78 Å². The van der Waals surface area contributed by atoms with Crippen molar-refractivity contribution in [1.29, 1.82) is 0 Å². The Balaban J connectivity index is 2.15. The first kappa shape index (κ1) is 12.3. The van der Waals surface area contributed by atoms with Crippen molar-refractivity contribution >= 4 is 11.3 Å². The van der Waals surface area contributed by atoms with Crippen molar-refractivity contribution < 1.29 is 5.11 Å². The number of aliphatic hydroxyl groups is 1. The largest absolute Gasteiger partial charge is 0.387 e. The number of hydrogen-bond acceptors (Lipinski definition) is 3. The Hall–Kier alpha value is -1.13. The van der Waals surface area contributed by atoms with Crippen LogP contribution < -0.4 is 0 Å². The van der Waals surface area contributed by atoms with E-state index < -0.39 is 6.10 Å². The molecule has 1 unspecified atom stereocenters. The van der Waals surface area contributed by atoms with Gasteiger partial charge < -0.3 is 5.11 Å². The number of aromatic nitrogens is 2. The summed E-state index contributed by atoms with van der Waals surface area (Å²) in [5, 5.41) is 16.6. The molecule has 1 N–H and O–H groups in total. The molecule has 0 amide bonds. The third kappa shape index (κ3) is 2.58. The molecule has 2 heterocycles. The summed E-state index contributed by atoms with van der Waals surface area (Å²) in [6.45, 7) is 4.13. The summed E-state index contributed by atoms with van der Waals surface area (Å²) in [5.41, 5.74) is 3.33. The van der Waals surface area contributed by atoms with Crippen molar-refractivity contribution in [3.05, 3.63) is 39.3 Å². The maximum atomic E-state index is 10.2. The molecule has 1 atom stereocenters. The van der Waals surface area contributed by atoms with Gasteiger partial charge in [0.2, 0.25) is 0 Å². The molecule has 4 heteroatoms. The number of thiophene rings is 1. The molecule has 92 valence electrons. The van der Waals surface area contributed by atoms with E-state index in [-0.39, 0.29) is 0 Å². The summed E-state index contributed by atoms with van der Waals surface area (Å²) in [5.74, 6) is 0. The van der Waals surface area contributed by atoms with Crippen LogP contribution in [-0.4, -0.2) is 14.9 Å². The van der Waals surface area contributed by atoms with E-state index in [4.69, 9.17) is 0 Å². The summed E-state index contributed by atoms with van der Waals surface area (Å²) in [7, 11) is 1.93. The number of aliphatic hydroxyl groups excluding tert-OH is 1. The molecule has 0 bridgehead atoms. The standard InChI is InChI=1S/C13H18N2OS/c1-4-10-7-11(15(3)14-10)8-12(16)13-9(2)5-6-17-13/h5-7,12,16H,4,8H2,1-3H3. The zero-order valence-corrected chi connectivity index (χ0v) is 11.3. The number of aryl methyl sites for hydroxylation is 3. The second-order valence-corrected chi connectivity index (χ2v) is 5.24. The Labute approximate surface area is 106 Å². The Kier molecular flexibility index (Phi) is 3.64. The molecule has 17 heavy (non-hydrogen) atoms. The number of hydrogen-bond donors (Lipinski definition) is 1. The molecule has 2 rings (SSSR count). The van der Waals surface area contributed by atoms with Crippen LogP contribution >= 0.6 is 11.3 Å². The third-order valence-electron chi connectivity index (χ3n) is 3.00. The lowest BCUT2D eigenvalue weighted by Crippen LogP contribution is -2.06. The maximum Gasteiger partial charge on any atom is 0.0939 e. The lowest BCUT2D eigenvalue weighted by Gasteiger charge is -2.09. The minimum absolute atomic E-state index is 0.421. The monoisotopic (exact) mass is 250 g/mol. The van der Waals surface area contributed by atoms with Gasteiger partial charge in [0.15, 0.2) is 0 Å². The fourth-order valence-corrected chi connectivity index (χ4v) is 2.87. The van der Waals surface area contributed by atoms with Crippen LogP contribution in [0.1, 0.15) is 34.9 Å². The van der Waals surface area contributed by atoms with Gasteiger partial charge in [0.05, 0.1) is 11.8 Å². The SMILES string of the molecule is CCc1cc(CC(O)c2sccc2C)n(C)n1. The average molecular weight is 250 g/mol. The van der Waals surface area contributed by atoms with Gasteiger partial charge in [0.1, 0.15) is 0 Å². The highest BCUT2D eigenvalue weighted by Gasteiger charge is 2.15. The summed E-state index contributed by atoms with van der Waals surface area (Å²) < 4.78 is 1.87. The predicted octanol–water partition coefficient (Wildman–Crippen LogP) is 2.63. The molecule has 3 nitrogen and oxygen atoms in total. The number of rotatable bonds is 4. The lowest BCUT2D eigenvalue weighted by molar-refractivity contribution is 0.179. The van der Waals surface area contributed by atoms with Gasteiger partial charge in [-0.3, -0.25) is 4.68 Å². The van der Waals surface area contributed by atoms with E-state index >= 15 is 0 Å². The second-order valence-electron chi connectivity index (χ2n) is 4.29. The van der Waals surface area contributed by atoms with Gasteiger partial charge >= 0.3 is 0 Å². The molecule has 0 saturated carbocycles. The molecule has 0 aliphatic carbocycles. The van der Waals surface area contributed by atoms with Crippen molar-refractivity contribution in [2.75, 3.05) is 0 Å². The van der Waals surface area contributed by atoms with Gasteiger partial charge in [-0.05, 0) is 36.4 Å². The Morgan fingerprint density at radius 3 is 2.82 bits per heavy atom. The molecule has 0 aliphatic rings. The van der Waals surface area contributed by atoms with Gasteiger partial charge in [0, 0.05) is 24.0 Å². The molecule has 0 radical (unpaired) electrons. The first-order valence-corrected chi connectivity index (χ1v) is 6.73. The van der Waals surface area contributed by atoms with Crippen LogP contribution in [0, 0.1) is 6.92 Å². The van der Waals surface area contributed by atoms with Crippen LogP contribution in [0.15, 0.2) is 17.5 Å². The molecule has 0 aliphatic heterocycles. The fraction of sp³-hybridized carbons (Fsp3) is 0.462. The highest BCUT2D eigenvalue weighted by Crippen LogP contribution is 2.26. The predicted molar refractivity (Wildman–Crippen MR) is 70.3 cm³/mol. The first-order chi connectivity index (χ1) is 8.11. The Bertz CT molecular complexity index is 501. The highest BCUT2D eigenvalue weighted by atomic mass is 32.1. The maximum absolute atomic E-state index is 10.2. The summed E-state index contributed by atoms with van der Waals surface area (Å²) >= 11 is 1.62. The summed E-state index contributed by atoms with van der Waals surface area (Å²) in [4.78, 5) is 1.06. The molecule has 2 aromatic rings. The van der Waals surface area contributed by atoms with Crippen LogP contribution in [0.25, 0.3) is 0 Å². The van der Waals surface area contributed by atoms with Gasteiger partial charge in [-0.2, -0.15) is 5.10 Å². The zero-order valence-electron chi connectivity index (χ0n) is 10.5. The van der Waals surface area contributed by atoms with Crippen LogP contribution in [0.3, 0.4) is 0 Å². The van der Waals surface area contributed by atoms with Crippen molar-refractivity contribution in [3.8, 4) is 0 Å². The van der Waals surface area contributed by atoms with Gasteiger partial charge in [0.25, 0.3) is 0 Å². The summed E-state index contributed by atoms with van der Waals surface area (Å²) in [6.07, 6.45) is 1.14. The topological polar surface area (TPSA) is 38.0 Å².